The molecule has 50 heavy (non-hydrogen) atoms. The van der Waals surface area contributed by atoms with E-state index >= 15 is 0 Å². The molecular weight excluding hydrogens is 681 g/mol. The van der Waals surface area contributed by atoms with Crippen LogP contribution in [0.3, 0.4) is 0 Å². The van der Waals surface area contributed by atoms with E-state index in [0.29, 0.717) is 0 Å². The van der Waals surface area contributed by atoms with Crippen LogP contribution in [0, 0.1) is 22.7 Å². The zero-order chi connectivity index (χ0) is 36.3. The number of piperidine rings is 1. The zero-order valence-electron chi connectivity index (χ0n) is 27.5. The molecule has 4 amide bonds. The number of rotatable bonds is 9. The summed E-state index contributed by atoms with van der Waals surface area (Å²) in [4.78, 5) is 57.9. The van der Waals surface area contributed by atoms with Gasteiger partial charge in [0.05, 0.1) is 23.8 Å². The van der Waals surface area contributed by atoms with Crippen molar-refractivity contribution in [3.8, 4) is 0 Å². The number of ether oxygens (including phenoxy) is 1. The van der Waals surface area contributed by atoms with E-state index in [2.05, 4.69) is 15.5 Å². The molecule has 18 heteroatoms. The van der Waals surface area contributed by atoms with Crippen LogP contribution >= 0.6 is 0 Å². The van der Waals surface area contributed by atoms with E-state index in [1.165, 1.54) is 29.1 Å². The fraction of sp³-hybridized carbons (Fsp3) is 0.781. The highest BCUT2D eigenvalue weighted by molar-refractivity contribution is 5.96. The third-order valence-electron chi connectivity index (χ3n) is 11.3. The molecule has 2 N–H and O–H groups in total. The Morgan fingerprint density at radius 3 is 2.10 bits per heavy atom. The van der Waals surface area contributed by atoms with Crippen LogP contribution in [0.15, 0.2) is 12.4 Å². The second-order valence-corrected chi connectivity index (χ2v) is 14.8. The van der Waals surface area contributed by atoms with Crippen molar-refractivity contribution in [2.75, 3.05) is 45.9 Å². The summed E-state index contributed by atoms with van der Waals surface area (Å²) in [6.45, 7) is 0.286. The van der Waals surface area contributed by atoms with Crippen molar-refractivity contribution in [1.29, 1.82) is 0 Å². The minimum absolute atomic E-state index is 0.0212. The van der Waals surface area contributed by atoms with Crippen molar-refractivity contribution in [2.24, 2.45) is 22.7 Å². The quantitative estimate of drug-likeness (QED) is 0.375. The van der Waals surface area contributed by atoms with Gasteiger partial charge in [-0.15, -0.1) is 0 Å². The zero-order valence-corrected chi connectivity index (χ0v) is 27.5. The number of carbonyl (C=O) groups excluding carboxylic acids is 4. The Bertz CT molecular complexity index is 1440. The normalized spacial score (nSPS) is 26.6. The lowest BCUT2D eigenvalue weighted by Gasteiger charge is -2.51. The van der Waals surface area contributed by atoms with E-state index in [1.807, 2.05) is 0 Å². The van der Waals surface area contributed by atoms with E-state index < -0.39 is 83.4 Å². The Hall–Kier alpha value is -3.44. The van der Waals surface area contributed by atoms with E-state index in [-0.39, 0.29) is 95.9 Å². The molecule has 2 saturated carbocycles. The molecule has 4 heterocycles. The summed E-state index contributed by atoms with van der Waals surface area (Å²) in [6, 6.07) is -1.38. The van der Waals surface area contributed by atoms with E-state index in [4.69, 9.17) is 4.74 Å². The molecule has 3 aliphatic heterocycles. The van der Waals surface area contributed by atoms with Crippen LogP contribution < -0.4 is 5.32 Å². The largest absolute Gasteiger partial charge is 0.403 e. The second kappa shape index (κ2) is 13.0. The number of aromatic amines is 1. The molecule has 1 aromatic rings. The summed E-state index contributed by atoms with van der Waals surface area (Å²) in [5.74, 6) is -9.97. The predicted octanol–water partition coefficient (Wildman–Crippen LogP) is 3.63. The molecule has 5 aliphatic rings. The summed E-state index contributed by atoms with van der Waals surface area (Å²) in [5.41, 5.74) is -3.40. The van der Waals surface area contributed by atoms with Crippen molar-refractivity contribution in [1.82, 2.24) is 30.2 Å². The van der Waals surface area contributed by atoms with Gasteiger partial charge >= 0.3 is 6.18 Å². The number of H-pyrrole nitrogens is 1. The van der Waals surface area contributed by atoms with Gasteiger partial charge in [0.1, 0.15) is 11.5 Å². The van der Waals surface area contributed by atoms with Gasteiger partial charge in [-0.25, -0.2) is 17.6 Å². The highest BCUT2D eigenvalue weighted by atomic mass is 19.4. The number of likely N-dealkylation sites (tertiary alicyclic amines) is 3. The van der Waals surface area contributed by atoms with Crippen LogP contribution in [-0.2, 0) is 19.1 Å². The third kappa shape index (κ3) is 7.04. The SMILES string of the molecule is C[C@@H](OCC1CCC(F)(F)CC1)[C@H](NC(=O)[C@@H]1CN(C(=O)c2cn[nH]c2)CC12CN(C(=O)C1(C(F)(F)F)CC1)C2)C(=O)N1CCC(F)(F)CC1. The van der Waals surface area contributed by atoms with Crippen LogP contribution in [0.2, 0.25) is 0 Å². The average molecular weight is 723 g/mol. The maximum atomic E-state index is 14.2. The van der Waals surface area contributed by atoms with Gasteiger partial charge in [0.25, 0.3) is 11.8 Å². The van der Waals surface area contributed by atoms with Crippen LogP contribution in [0.5, 0.6) is 0 Å². The lowest BCUT2D eigenvalue weighted by molar-refractivity contribution is -0.205. The Kier molecular flexibility index (Phi) is 9.42. The minimum Gasteiger partial charge on any atom is -0.376 e. The van der Waals surface area contributed by atoms with Gasteiger partial charge in [-0.3, -0.25) is 24.3 Å². The molecule has 278 valence electrons. The minimum atomic E-state index is -4.73. The molecule has 0 aromatic carbocycles. The van der Waals surface area contributed by atoms with Crippen molar-refractivity contribution < 1.29 is 54.6 Å². The predicted molar refractivity (Wildman–Crippen MR) is 160 cm³/mol. The molecule has 11 nitrogen and oxygen atoms in total. The Labute approximate surface area is 283 Å². The second-order valence-electron chi connectivity index (χ2n) is 14.8. The highest BCUT2D eigenvalue weighted by Crippen LogP contribution is 2.60. The number of halogens is 7. The van der Waals surface area contributed by atoms with E-state index in [1.54, 1.807) is 0 Å². The smallest absolute Gasteiger partial charge is 0.376 e. The number of aromatic nitrogens is 2. The lowest BCUT2D eigenvalue weighted by Crippen LogP contribution is -2.67. The topological polar surface area (TPSA) is 128 Å². The maximum Gasteiger partial charge on any atom is 0.403 e. The first-order valence-corrected chi connectivity index (χ1v) is 17.0. The molecule has 0 bridgehead atoms. The van der Waals surface area contributed by atoms with E-state index in [0.717, 1.165) is 4.90 Å². The van der Waals surface area contributed by atoms with Gasteiger partial charge in [0.15, 0.2) is 0 Å². The molecule has 2 aliphatic carbocycles. The van der Waals surface area contributed by atoms with Crippen molar-refractivity contribution >= 4 is 23.6 Å². The van der Waals surface area contributed by atoms with Crippen LogP contribution in [0.25, 0.3) is 0 Å². The maximum absolute atomic E-state index is 14.2. The molecule has 3 atom stereocenters. The van der Waals surface area contributed by atoms with Crippen molar-refractivity contribution in [3.63, 3.8) is 0 Å². The fourth-order valence-electron chi connectivity index (χ4n) is 7.79. The van der Waals surface area contributed by atoms with Gasteiger partial charge in [-0.1, -0.05) is 0 Å². The number of nitrogens with zero attached hydrogens (tertiary/aromatic N) is 4. The lowest BCUT2D eigenvalue weighted by atomic mass is 9.70. The number of nitrogens with one attached hydrogen (secondary N) is 2. The number of hydrogen-bond donors (Lipinski definition) is 2. The van der Waals surface area contributed by atoms with Gasteiger partial charge in [-0.05, 0) is 38.5 Å². The van der Waals surface area contributed by atoms with Crippen molar-refractivity contribution in [2.45, 2.75) is 88.5 Å². The Morgan fingerprint density at radius 1 is 0.940 bits per heavy atom. The fourth-order valence-corrected chi connectivity index (χ4v) is 7.79. The van der Waals surface area contributed by atoms with Gasteiger partial charge < -0.3 is 24.8 Å². The van der Waals surface area contributed by atoms with Gasteiger partial charge in [0.2, 0.25) is 23.6 Å². The van der Waals surface area contributed by atoms with Crippen LogP contribution in [-0.4, -0.2) is 125 Å². The number of hydrogen-bond acceptors (Lipinski definition) is 6. The average Bonchev–Trinajstić information content (AvgIpc) is 3.50. The summed E-state index contributed by atoms with van der Waals surface area (Å²) in [5, 5.41) is 9.00. The molecule has 3 saturated heterocycles. The van der Waals surface area contributed by atoms with E-state index in [9.17, 15) is 49.9 Å². The third-order valence-corrected chi connectivity index (χ3v) is 11.3. The molecule has 1 spiro atoms. The van der Waals surface area contributed by atoms with Crippen LogP contribution in [0.4, 0.5) is 30.7 Å². The first-order chi connectivity index (χ1) is 23.4. The summed E-state index contributed by atoms with van der Waals surface area (Å²) < 4.78 is 103. The summed E-state index contributed by atoms with van der Waals surface area (Å²) >= 11 is 0. The summed E-state index contributed by atoms with van der Waals surface area (Å²) in [6.07, 6.45) is -5.16. The van der Waals surface area contributed by atoms with Gasteiger partial charge in [-0.2, -0.15) is 18.3 Å². The molecular formula is C32H41F7N6O5. The molecule has 0 unspecified atom stereocenters. The standard InChI is InChI=1S/C32H41F7N6O5/c1-19(50-15-20-2-4-30(33,34)5-3-20)23(26(48)43-10-8-31(35,36)9-11-43)42-24(46)22-14-44(25(47)21-12-40-41-13-21)16-28(22)17-45(18-28)27(49)29(6-7-29)32(37,38)39/h12-13,19-20,22-23H,2-11,14-18H2,1H3,(H,40,41)(H,42,46)/t19-,22+,23+/m1/s1. The monoisotopic (exact) mass is 722 g/mol. The van der Waals surface area contributed by atoms with Gasteiger partial charge in [0, 0.05) is 83.2 Å². The first-order valence-electron chi connectivity index (χ1n) is 17.0. The van der Waals surface area contributed by atoms with Crippen LogP contribution in [0.1, 0.15) is 68.6 Å². The highest BCUT2D eigenvalue weighted by Gasteiger charge is 2.71. The van der Waals surface area contributed by atoms with Crippen molar-refractivity contribution in [3.05, 3.63) is 18.0 Å². The number of alkyl halides is 7. The summed E-state index contributed by atoms with van der Waals surface area (Å²) in [7, 11) is 0. The molecule has 5 fully saturated rings. The Morgan fingerprint density at radius 2 is 1.54 bits per heavy atom. The molecule has 0 radical (unpaired) electrons. The Balaban J connectivity index is 1.20. The molecule has 1 aromatic heterocycles. The first kappa shape index (κ1) is 36.4. The number of amides is 4. The number of carbonyl (C=O) groups is 4. The molecule has 6 rings (SSSR count).